The summed E-state index contributed by atoms with van der Waals surface area (Å²) >= 11 is 0. The van der Waals surface area contributed by atoms with Crippen LogP contribution in [-0.4, -0.2) is 0 Å². The Balaban J connectivity index is 1.06. The molecule has 10 aromatic carbocycles. The molecule has 1 atom stereocenters. The van der Waals surface area contributed by atoms with Gasteiger partial charge in [-0.2, -0.15) is 0 Å². The summed E-state index contributed by atoms with van der Waals surface area (Å²) in [5.41, 5.74) is 23.8. The van der Waals surface area contributed by atoms with Crippen molar-refractivity contribution in [1.29, 1.82) is 0 Å². The van der Waals surface area contributed by atoms with Crippen LogP contribution in [-0.2, 0) is 5.41 Å². The lowest BCUT2D eigenvalue weighted by Gasteiger charge is -2.39. The molecule has 4 aliphatic rings. The van der Waals surface area contributed by atoms with Gasteiger partial charge in [-0.1, -0.05) is 188 Å². The summed E-state index contributed by atoms with van der Waals surface area (Å²) < 4.78 is 13.7. The van der Waals surface area contributed by atoms with E-state index in [0.29, 0.717) is 0 Å². The molecule has 3 heteroatoms. The van der Waals surface area contributed by atoms with E-state index in [9.17, 15) is 0 Å². The van der Waals surface area contributed by atoms with E-state index in [0.717, 1.165) is 96.7 Å². The highest BCUT2D eigenvalue weighted by molar-refractivity contribution is 6.13. The Labute approximate surface area is 406 Å². The van der Waals surface area contributed by atoms with E-state index in [4.69, 9.17) is 9.15 Å². The van der Waals surface area contributed by atoms with Crippen LogP contribution in [0.3, 0.4) is 0 Å². The molecule has 1 spiro atoms. The van der Waals surface area contributed by atoms with E-state index in [1.165, 1.54) is 55.7 Å². The SMILES string of the molecule is C1=CC2=C(CC1)C1(c3cc(N(c4ccc5c(c4)-c4ccccc4Oc4ccccc4-5)c4ccccc4-c4ccccc4)ccc3-c3ccccc32)c2ccccc2-c2c1ccc1c2oc2ccccc21. The van der Waals surface area contributed by atoms with Crippen LogP contribution in [0.25, 0.3) is 83.1 Å². The van der Waals surface area contributed by atoms with Crippen LogP contribution in [0.4, 0.5) is 17.1 Å². The van der Waals surface area contributed by atoms with Crippen LogP contribution in [0.2, 0.25) is 0 Å². The Morgan fingerprint density at radius 3 is 1.87 bits per heavy atom. The molecule has 3 aliphatic carbocycles. The van der Waals surface area contributed by atoms with Crippen molar-refractivity contribution in [2.45, 2.75) is 18.3 Å². The van der Waals surface area contributed by atoms with Crippen LogP contribution in [0.1, 0.15) is 35.1 Å². The maximum atomic E-state index is 6.99. The average molecular weight is 894 g/mol. The molecule has 1 unspecified atom stereocenters. The largest absolute Gasteiger partial charge is 0.456 e. The molecule has 11 aromatic rings. The first-order valence-corrected chi connectivity index (χ1v) is 24.4. The van der Waals surface area contributed by atoms with E-state index in [2.05, 4.69) is 242 Å². The van der Waals surface area contributed by atoms with Gasteiger partial charge in [0.15, 0.2) is 0 Å². The Kier molecular flexibility index (Phi) is 8.40. The zero-order chi connectivity index (χ0) is 45.9. The zero-order valence-corrected chi connectivity index (χ0v) is 38.2. The molecule has 1 aromatic heterocycles. The van der Waals surface area contributed by atoms with Crippen LogP contribution in [0.5, 0.6) is 11.5 Å². The Morgan fingerprint density at radius 1 is 0.414 bits per heavy atom. The fraction of sp³-hybridized carbons (Fsp3) is 0.0448. The van der Waals surface area contributed by atoms with Gasteiger partial charge in [0.2, 0.25) is 0 Å². The summed E-state index contributed by atoms with van der Waals surface area (Å²) in [5.74, 6) is 1.70. The number of fused-ring (bicyclic) bond motifs is 20. The number of anilines is 3. The number of allylic oxidation sites excluding steroid dienone is 4. The van der Waals surface area contributed by atoms with Crippen molar-refractivity contribution >= 4 is 44.6 Å². The van der Waals surface area contributed by atoms with Gasteiger partial charge in [0.1, 0.15) is 22.7 Å². The average Bonchev–Trinajstić information content (AvgIpc) is 3.87. The lowest BCUT2D eigenvalue weighted by atomic mass is 9.63. The molecule has 0 radical (unpaired) electrons. The van der Waals surface area contributed by atoms with Crippen molar-refractivity contribution in [2.24, 2.45) is 0 Å². The lowest BCUT2D eigenvalue weighted by Crippen LogP contribution is -2.31. The van der Waals surface area contributed by atoms with Crippen molar-refractivity contribution in [3.05, 3.63) is 264 Å². The van der Waals surface area contributed by atoms with E-state index < -0.39 is 5.41 Å². The smallest absolute Gasteiger partial charge is 0.143 e. The highest BCUT2D eigenvalue weighted by Gasteiger charge is 2.52. The van der Waals surface area contributed by atoms with Crippen molar-refractivity contribution in [2.75, 3.05) is 4.90 Å². The van der Waals surface area contributed by atoms with E-state index >= 15 is 0 Å². The molecule has 1 aliphatic heterocycles. The third-order valence-electron chi connectivity index (χ3n) is 15.4. The number of nitrogens with zero attached hydrogens (tertiary/aromatic N) is 1. The molecular weight excluding hydrogens is 851 g/mol. The summed E-state index contributed by atoms with van der Waals surface area (Å²) in [7, 11) is 0. The third-order valence-corrected chi connectivity index (χ3v) is 15.4. The maximum absolute atomic E-state index is 6.99. The fourth-order valence-corrected chi connectivity index (χ4v) is 12.6. The summed E-state index contributed by atoms with van der Waals surface area (Å²) in [6, 6.07) is 82.2. The Hall–Kier alpha value is -8.92. The van der Waals surface area contributed by atoms with Gasteiger partial charge >= 0.3 is 0 Å². The highest BCUT2D eigenvalue weighted by atomic mass is 16.5. The lowest BCUT2D eigenvalue weighted by molar-refractivity contribution is 0.488. The fourth-order valence-electron chi connectivity index (χ4n) is 12.6. The molecule has 328 valence electrons. The standard InChI is InChI=1S/C67H43NO2/c1-2-18-42(19-3-1)45-20-8-14-30-61(45)68(43-34-36-48-51-24-9-15-31-62(51)69-63-32-16-11-26-53(63)56(48)40-43)44-35-37-50-47-22-5-4-21-46(47)49-23-6-12-28-57(49)67(60(50)41-44)58-29-13-7-27-55(58)65-59(67)39-38-54-52-25-10-17-33-64(52)70-66(54)65/h1-11,13-27,29-41H,12,28H2. The zero-order valence-electron chi connectivity index (χ0n) is 38.2. The van der Waals surface area contributed by atoms with Gasteiger partial charge in [-0.3, -0.25) is 0 Å². The quantitative estimate of drug-likeness (QED) is 0.176. The summed E-state index contributed by atoms with van der Waals surface area (Å²) in [6.07, 6.45) is 6.66. The Morgan fingerprint density at radius 2 is 1.04 bits per heavy atom. The van der Waals surface area contributed by atoms with Crippen LogP contribution >= 0.6 is 0 Å². The van der Waals surface area contributed by atoms with Crippen molar-refractivity contribution in [1.82, 2.24) is 0 Å². The highest BCUT2D eigenvalue weighted by Crippen LogP contribution is 2.64. The van der Waals surface area contributed by atoms with Crippen LogP contribution in [0.15, 0.2) is 247 Å². The summed E-state index contributed by atoms with van der Waals surface area (Å²) in [4.78, 5) is 2.49. The number of hydrogen-bond donors (Lipinski definition) is 0. The second kappa shape index (κ2) is 15.0. The molecular formula is C67H43NO2. The Bertz CT molecular complexity index is 4060. The topological polar surface area (TPSA) is 25.6 Å². The van der Waals surface area contributed by atoms with Crippen molar-refractivity contribution in [3.63, 3.8) is 0 Å². The second-order valence-electron chi connectivity index (χ2n) is 18.9. The predicted octanol–water partition coefficient (Wildman–Crippen LogP) is 18.3. The van der Waals surface area contributed by atoms with E-state index in [-0.39, 0.29) is 0 Å². The molecule has 3 nitrogen and oxygen atoms in total. The van der Waals surface area contributed by atoms with Crippen LogP contribution in [0, 0.1) is 0 Å². The molecule has 0 saturated heterocycles. The van der Waals surface area contributed by atoms with Gasteiger partial charge in [0.25, 0.3) is 0 Å². The van der Waals surface area contributed by atoms with Crippen molar-refractivity contribution < 1.29 is 9.15 Å². The van der Waals surface area contributed by atoms with Gasteiger partial charge in [-0.15, -0.1) is 0 Å². The number of hydrogen-bond acceptors (Lipinski definition) is 3. The molecule has 70 heavy (non-hydrogen) atoms. The van der Waals surface area contributed by atoms with Gasteiger partial charge in [-0.05, 0) is 128 Å². The molecule has 0 amide bonds. The maximum Gasteiger partial charge on any atom is 0.143 e. The predicted molar refractivity (Wildman–Crippen MR) is 287 cm³/mol. The monoisotopic (exact) mass is 893 g/mol. The van der Waals surface area contributed by atoms with Gasteiger partial charge < -0.3 is 14.1 Å². The molecule has 0 bridgehead atoms. The third kappa shape index (κ3) is 5.46. The normalized spacial score (nSPS) is 15.7. The first-order chi connectivity index (χ1) is 34.7. The number of benzene rings is 10. The molecule has 15 rings (SSSR count). The minimum Gasteiger partial charge on any atom is -0.456 e. The molecule has 0 fully saturated rings. The number of para-hydroxylation sites is 4. The van der Waals surface area contributed by atoms with E-state index in [1.54, 1.807) is 0 Å². The van der Waals surface area contributed by atoms with E-state index in [1.807, 2.05) is 0 Å². The minimum absolute atomic E-state index is 0.651. The van der Waals surface area contributed by atoms with Crippen LogP contribution < -0.4 is 9.64 Å². The number of ether oxygens (including phenoxy) is 1. The molecule has 2 heterocycles. The van der Waals surface area contributed by atoms with Gasteiger partial charge in [0.05, 0.1) is 11.1 Å². The summed E-state index contributed by atoms with van der Waals surface area (Å²) in [5, 5.41) is 2.28. The first-order valence-electron chi connectivity index (χ1n) is 24.4. The molecule has 0 N–H and O–H groups in total. The van der Waals surface area contributed by atoms with Gasteiger partial charge in [-0.25, -0.2) is 0 Å². The molecule has 0 saturated carbocycles. The first kappa shape index (κ1) is 39.1. The van der Waals surface area contributed by atoms with Crippen molar-refractivity contribution in [3.8, 4) is 67.1 Å². The second-order valence-corrected chi connectivity index (χ2v) is 18.9. The minimum atomic E-state index is -0.651. The van der Waals surface area contributed by atoms with Gasteiger partial charge in [0, 0.05) is 44.4 Å². The summed E-state index contributed by atoms with van der Waals surface area (Å²) in [6.45, 7) is 0. The number of rotatable bonds is 4. The number of furan rings is 1.